The van der Waals surface area contributed by atoms with Crippen LogP contribution in [0, 0.1) is 20.8 Å². The first kappa shape index (κ1) is 19.6. The van der Waals surface area contributed by atoms with Crippen LogP contribution in [0.5, 0.6) is 0 Å². The number of hydrogen-bond donors (Lipinski definition) is 3. The molecule has 0 saturated heterocycles. The van der Waals surface area contributed by atoms with Gasteiger partial charge in [0.15, 0.2) is 5.82 Å². The van der Waals surface area contributed by atoms with Gasteiger partial charge in [-0.15, -0.1) is 0 Å². The smallest absolute Gasteiger partial charge is 0.319 e. The topological polar surface area (TPSA) is 96.8 Å². The van der Waals surface area contributed by atoms with Crippen molar-refractivity contribution in [1.82, 2.24) is 25.1 Å². The molecule has 1 aromatic carbocycles. The number of nitrogens with one attached hydrogen (secondary N) is 3. The van der Waals surface area contributed by atoms with Crippen molar-refractivity contribution in [2.45, 2.75) is 20.8 Å². The Morgan fingerprint density at radius 2 is 1.93 bits per heavy atom. The Bertz CT molecular complexity index is 986. The zero-order valence-corrected chi connectivity index (χ0v) is 16.7. The summed E-state index contributed by atoms with van der Waals surface area (Å²) in [4.78, 5) is 20.4. The van der Waals surface area contributed by atoms with Gasteiger partial charge in [0.1, 0.15) is 12.1 Å². The van der Waals surface area contributed by atoms with Crippen molar-refractivity contribution < 1.29 is 4.79 Å². The fourth-order valence-corrected chi connectivity index (χ4v) is 2.96. The molecular weight excluding hydrogens is 378 g/mol. The Kier molecular flexibility index (Phi) is 6.10. The summed E-state index contributed by atoms with van der Waals surface area (Å²) in [5.41, 5.74) is 3.53. The molecule has 0 bridgehead atoms. The number of amides is 2. The lowest BCUT2D eigenvalue weighted by Crippen LogP contribution is -2.32. The van der Waals surface area contributed by atoms with Crippen LogP contribution < -0.4 is 16.0 Å². The number of carbonyl (C=O) groups excluding carboxylic acids is 1. The number of anilines is 2. The summed E-state index contributed by atoms with van der Waals surface area (Å²) < 4.78 is 1.76. The third-order valence-corrected chi connectivity index (χ3v) is 4.28. The minimum atomic E-state index is -0.321. The maximum absolute atomic E-state index is 12.0. The largest absolute Gasteiger partial charge is 0.368 e. The summed E-state index contributed by atoms with van der Waals surface area (Å²) >= 11 is 6.12. The molecule has 8 nitrogen and oxygen atoms in total. The van der Waals surface area contributed by atoms with Gasteiger partial charge in [0.25, 0.3) is 0 Å². The van der Waals surface area contributed by atoms with Gasteiger partial charge in [-0.05, 0) is 44.5 Å². The Hall–Kier alpha value is -3.13. The summed E-state index contributed by atoms with van der Waals surface area (Å²) in [7, 11) is 0. The highest BCUT2D eigenvalue weighted by Gasteiger charge is 2.07. The molecule has 28 heavy (non-hydrogen) atoms. The highest BCUT2D eigenvalue weighted by Crippen LogP contribution is 2.22. The lowest BCUT2D eigenvalue weighted by molar-refractivity contribution is 0.252. The Morgan fingerprint density at radius 3 is 2.64 bits per heavy atom. The molecule has 2 aromatic heterocycles. The molecule has 3 aromatic rings. The molecule has 0 radical (unpaired) electrons. The molecule has 0 aliphatic heterocycles. The Morgan fingerprint density at radius 1 is 1.11 bits per heavy atom. The molecule has 0 spiro atoms. The standard InChI is InChI=1S/C19H22ClN7O/c1-12-4-5-16(15(20)8-12)25-19(28)22-7-6-21-17-10-18(24-11-23-17)27-14(3)9-13(2)26-27/h4-5,8-11H,6-7H2,1-3H3,(H,21,23,24)(H2,22,25,28). The van der Waals surface area contributed by atoms with Crippen molar-refractivity contribution in [1.29, 1.82) is 0 Å². The molecule has 3 N–H and O–H groups in total. The van der Waals surface area contributed by atoms with Crippen LogP contribution in [-0.2, 0) is 0 Å². The first-order valence-electron chi connectivity index (χ1n) is 8.83. The van der Waals surface area contributed by atoms with Gasteiger partial charge in [-0.2, -0.15) is 5.10 Å². The average Bonchev–Trinajstić information content (AvgIpc) is 3.00. The maximum atomic E-state index is 12.0. The molecule has 0 fully saturated rings. The van der Waals surface area contributed by atoms with Crippen LogP contribution in [0.25, 0.3) is 5.82 Å². The van der Waals surface area contributed by atoms with E-state index in [1.54, 1.807) is 16.8 Å². The van der Waals surface area contributed by atoms with Gasteiger partial charge in [0.05, 0.1) is 16.4 Å². The second kappa shape index (κ2) is 8.71. The first-order chi connectivity index (χ1) is 13.4. The number of rotatable bonds is 6. The van der Waals surface area contributed by atoms with Crippen molar-refractivity contribution in [2.24, 2.45) is 0 Å². The quantitative estimate of drug-likeness (QED) is 0.551. The molecule has 0 saturated carbocycles. The van der Waals surface area contributed by atoms with Gasteiger partial charge < -0.3 is 16.0 Å². The van der Waals surface area contributed by atoms with Gasteiger partial charge in [-0.3, -0.25) is 0 Å². The fourth-order valence-electron chi connectivity index (χ4n) is 2.67. The van der Waals surface area contributed by atoms with Crippen LogP contribution in [0.1, 0.15) is 17.0 Å². The number of urea groups is 1. The van der Waals surface area contributed by atoms with Gasteiger partial charge in [0.2, 0.25) is 0 Å². The van der Waals surface area contributed by atoms with E-state index in [1.165, 1.54) is 6.33 Å². The zero-order valence-electron chi connectivity index (χ0n) is 16.0. The highest BCUT2D eigenvalue weighted by molar-refractivity contribution is 6.33. The summed E-state index contributed by atoms with van der Waals surface area (Å²) in [6.07, 6.45) is 1.48. The van der Waals surface area contributed by atoms with E-state index in [9.17, 15) is 4.79 Å². The normalized spacial score (nSPS) is 10.6. The monoisotopic (exact) mass is 399 g/mol. The summed E-state index contributed by atoms with van der Waals surface area (Å²) in [6, 6.07) is 8.94. The molecule has 146 valence electrons. The Labute approximate surface area is 168 Å². The number of halogens is 1. The average molecular weight is 400 g/mol. The van der Waals surface area contributed by atoms with E-state index >= 15 is 0 Å². The molecule has 2 amide bonds. The number of hydrogen-bond acceptors (Lipinski definition) is 5. The lowest BCUT2D eigenvalue weighted by Gasteiger charge is -2.11. The van der Waals surface area contributed by atoms with Crippen molar-refractivity contribution in [3.63, 3.8) is 0 Å². The molecule has 2 heterocycles. The minimum Gasteiger partial charge on any atom is -0.368 e. The van der Waals surface area contributed by atoms with Gasteiger partial charge in [-0.25, -0.2) is 19.4 Å². The van der Waals surface area contributed by atoms with Crippen LogP contribution in [0.15, 0.2) is 36.7 Å². The zero-order chi connectivity index (χ0) is 20.1. The minimum absolute atomic E-state index is 0.321. The van der Waals surface area contributed by atoms with E-state index in [0.717, 1.165) is 17.0 Å². The van der Waals surface area contributed by atoms with Gasteiger partial charge in [0, 0.05) is 24.8 Å². The van der Waals surface area contributed by atoms with E-state index < -0.39 is 0 Å². The summed E-state index contributed by atoms with van der Waals surface area (Å²) in [5, 5.41) is 13.6. The molecule has 0 aliphatic carbocycles. The van der Waals surface area contributed by atoms with E-state index in [2.05, 4.69) is 31.0 Å². The predicted molar refractivity (Wildman–Crippen MR) is 110 cm³/mol. The third kappa shape index (κ3) is 4.98. The molecule has 0 aliphatic rings. The lowest BCUT2D eigenvalue weighted by atomic mass is 10.2. The number of aryl methyl sites for hydroxylation is 3. The SMILES string of the molecule is Cc1ccc(NC(=O)NCCNc2cc(-n3nc(C)cc3C)ncn2)c(Cl)c1. The molecule has 3 rings (SSSR count). The number of aromatic nitrogens is 4. The van der Waals surface area contributed by atoms with Crippen LogP contribution in [0.3, 0.4) is 0 Å². The summed E-state index contributed by atoms with van der Waals surface area (Å²) in [5.74, 6) is 1.34. The van der Waals surface area contributed by atoms with E-state index in [0.29, 0.717) is 35.4 Å². The number of benzene rings is 1. The maximum Gasteiger partial charge on any atom is 0.319 e. The van der Waals surface area contributed by atoms with Crippen molar-refractivity contribution in [3.8, 4) is 5.82 Å². The third-order valence-electron chi connectivity index (χ3n) is 3.97. The van der Waals surface area contributed by atoms with Crippen molar-refractivity contribution in [3.05, 3.63) is 58.6 Å². The molecular formula is C19H22ClN7O. The first-order valence-corrected chi connectivity index (χ1v) is 9.21. The highest BCUT2D eigenvalue weighted by atomic mass is 35.5. The van der Waals surface area contributed by atoms with Gasteiger partial charge >= 0.3 is 6.03 Å². The predicted octanol–water partition coefficient (Wildman–Crippen LogP) is 3.47. The van der Waals surface area contributed by atoms with Crippen LogP contribution in [-0.4, -0.2) is 38.9 Å². The summed E-state index contributed by atoms with van der Waals surface area (Å²) in [6.45, 7) is 6.76. The molecule has 0 atom stereocenters. The van der Waals surface area contributed by atoms with E-state index in [1.807, 2.05) is 39.0 Å². The second-order valence-corrected chi connectivity index (χ2v) is 6.80. The molecule has 0 unspecified atom stereocenters. The van der Waals surface area contributed by atoms with E-state index in [4.69, 9.17) is 11.6 Å². The van der Waals surface area contributed by atoms with Crippen LogP contribution >= 0.6 is 11.6 Å². The fraction of sp³-hybridized carbons (Fsp3) is 0.263. The number of nitrogens with zero attached hydrogens (tertiary/aromatic N) is 4. The molecule has 9 heteroatoms. The van der Waals surface area contributed by atoms with Crippen molar-refractivity contribution >= 4 is 29.1 Å². The van der Waals surface area contributed by atoms with Crippen LogP contribution in [0.4, 0.5) is 16.3 Å². The Balaban J connectivity index is 1.49. The van der Waals surface area contributed by atoms with Gasteiger partial charge in [-0.1, -0.05) is 17.7 Å². The number of carbonyl (C=O) groups is 1. The van der Waals surface area contributed by atoms with Crippen LogP contribution in [0.2, 0.25) is 5.02 Å². The second-order valence-electron chi connectivity index (χ2n) is 6.39. The van der Waals surface area contributed by atoms with Crippen molar-refractivity contribution in [2.75, 3.05) is 23.7 Å². The van der Waals surface area contributed by atoms with E-state index in [-0.39, 0.29) is 6.03 Å².